The first kappa shape index (κ1) is 27.3. The minimum absolute atomic E-state index is 0.0313. The molecule has 1 aromatic rings. The molecular weight excluding hydrogens is 408 g/mol. The lowest BCUT2D eigenvalue weighted by Crippen LogP contribution is -2.41. The number of hydrogen-bond donors (Lipinski definition) is 1. The zero-order valence-corrected chi connectivity index (χ0v) is 19.9. The quantitative estimate of drug-likeness (QED) is 0.612. The molecule has 0 bridgehead atoms. The summed E-state index contributed by atoms with van der Waals surface area (Å²) in [6.45, 7) is 16.1. The van der Waals surface area contributed by atoms with Gasteiger partial charge in [-0.05, 0) is 65.1 Å². The highest BCUT2D eigenvalue weighted by Crippen LogP contribution is 2.36. The molecule has 1 aromatic carbocycles. The highest BCUT2D eigenvalue weighted by molar-refractivity contribution is 6.62. The molecule has 1 N–H and O–H groups in total. The number of amides is 2. The van der Waals surface area contributed by atoms with E-state index in [4.69, 9.17) is 9.31 Å². The van der Waals surface area contributed by atoms with E-state index >= 15 is 0 Å². The SMILES string of the molecule is CC.CC(F)(F)F.Cc1ccc(NC(=O)N2CCCC2)cc1B1OC(C)(C)C(C)(C)O1. The van der Waals surface area contributed by atoms with E-state index in [9.17, 15) is 18.0 Å². The van der Waals surface area contributed by atoms with Gasteiger partial charge in [0.2, 0.25) is 0 Å². The number of alkyl halides is 3. The zero-order valence-electron chi connectivity index (χ0n) is 19.9. The van der Waals surface area contributed by atoms with E-state index in [0.29, 0.717) is 0 Å². The Kier molecular flexibility index (Phi) is 9.44. The van der Waals surface area contributed by atoms with Crippen LogP contribution in [0.1, 0.15) is 66.9 Å². The Balaban J connectivity index is 0.000000605. The topological polar surface area (TPSA) is 50.8 Å². The molecular formula is C22H36BF3N2O3. The lowest BCUT2D eigenvalue weighted by atomic mass is 9.76. The summed E-state index contributed by atoms with van der Waals surface area (Å²) in [7, 11) is -0.418. The Bertz CT molecular complexity index is 711. The number of hydrogen-bond acceptors (Lipinski definition) is 3. The molecule has 176 valence electrons. The summed E-state index contributed by atoms with van der Waals surface area (Å²) < 4.78 is 43.4. The number of rotatable bonds is 2. The van der Waals surface area contributed by atoms with Crippen LogP contribution in [0.3, 0.4) is 0 Å². The van der Waals surface area contributed by atoms with Crippen molar-refractivity contribution in [3.8, 4) is 0 Å². The third kappa shape index (κ3) is 8.03. The summed E-state index contributed by atoms with van der Waals surface area (Å²) in [6, 6.07) is 5.86. The molecule has 2 fully saturated rings. The van der Waals surface area contributed by atoms with Crippen LogP contribution in [0, 0.1) is 6.92 Å². The van der Waals surface area contributed by atoms with E-state index in [1.165, 1.54) is 0 Å². The van der Waals surface area contributed by atoms with Crippen LogP contribution in [0.15, 0.2) is 18.2 Å². The third-order valence-electron chi connectivity index (χ3n) is 5.43. The number of likely N-dealkylation sites (tertiary alicyclic amines) is 1. The van der Waals surface area contributed by atoms with Crippen LogP contribution in [0.2, 0.25) is 0 Å². The fourth-order valence-corrected chi connectivity index (χ4v) is 3.06. The van der Waals surface area contributed by atoms with Crippen molar-refractivity contribution in [1.82, 2.24) is 4.90 Å². The van der Waals surface area contributed by atoms with Crippen molar-refractivity contribution in [1.29, 1.82) is 0 Å². The number of anilines is 1. The zero-order chi connectivity index (χ0) is 24.0. The summed E-state index contributed by atoms with van der Waals surface area (Å²) >= 11 is 0. The van der Waals surface area contributed by atoms with Crippen LogP contribution in [0.5, 0.6) is 0 Å². The van der Waals surface area contributed by atoms with Crippen molar-refractivity contribution in [2.24, 2.45) is 0 Å². The Morgan fingerprint density at radius 1 is 1.06 bits per heavy atom. The second kappa shape index (κ2) is 10.7. The van der Waals surface area contributed by atoms with E-state index in [-0.39, 0.29) is 24.2 Å². The average Bonchev–Trinajstić information content (AvgIpc) is 3.23. The Labute approximate surface area is 184 Å². The summed E-state index contributed by atoms with van der Waals surface area (Å²) in [6.07, 6.45) is -1.83. The standard InChI is InChI=1S/C18H27BN2O3.C2H3F3.C2H6/c1-13-8-9-14(20-16(22)21-10-6-7-11-21)12-15(13)19-23-17(2,3)18(4,5)24-19;1-2(3,4)5;1-2/h8-9,12H,6-7,10-11H2,1-5H3,(H,20,22);1H3;1-2H3. The highest BCUT2D eigenvalue weighted by atomic mass is 19.4. The molecule has 0 saturated carbocycles. The molecule has 2 aliphatic heterocycles. The number of nitrogens with one attached hydrogen (secondary N) is 1. The van der Waals surface area contributed by atoms with Gasteiger partial charge in [0.05, 0.1) is 11.2 Å². The van der Waals surface area contributed by atoms with Crippen molar-refractivity contribution in [2.75, 3.05) is 18.4 Å². The molecule has 3 rings (SSSR count). The van der Waals surface area contributed by atoms with Crippen LogP contribution >= 0.6 is 0 Å². The number of aryl methyl sites for hydroxylation is 1. The van der Waals surface area contributed by atoms with Crippen molar-refractivity contribution >= 4 is 24.3 Å². The van der Waals surface area contributed by atoms with Gasteiger partial charge in [0, 0.05) is 25.7 Å². The number of benzene rings is 1. The van der Waals surface area contributed by atoms with Gasteiger partial charge in [-0.15, -0.1) is 0 Å². The van der Waals surface area contributed by atoms with Gasteiger partial charge in [-0.25, -0.2) is 4.79 Å². The van der Waals surface area contributed by atoms with Crippen LogP contribution in [0.4, 0.5) is 23.7 Å². The largest absolute Gasteiger partial charge is 0.495 e. The van der Waals surface area contributed by atoms with Gasteiger partial charge in [0.25, 0.3) is 0 Å². The van der Waals surface area contributed by atoms with Gasteiger partial charge >= 0.3 is 19.3 Å². The van der Waals surface area contributed by atoms with E-state index in [0.717, 1.165) is 42.6 Å². The Hall–Kier alpha value is -1.74. The molecule has 2 saturated heterocycles. The molecule has 0 aliphatic carbocycles. The second-order valence-electron chi connectivity index (χ2n) is 8.57. The molecule has 2 heterocycles. The molecule has 0 spiro atoms. The molecule has 2 amide bonds. The van der Waals surface area contributed by atoms with Gasteiger partial charge < -0.3 is 19.5 Å². The van der Waals surface area contributed by atoms with E-state index < -0.39 is 13.3 Å². The van der Waals surface area contributed by atoms with Crippen molar-refractivity contribution in [2.45, 2.75) is 85.6 Å². The van der Waals surface area contributed by atoms with E-state index in [2.05, 4.69) is 5.32 Å². The number of halogens is 3. The summed E-state index contributed by atoms with van der Waals surface area (Å²) in [4.78, 5) is 14.1. The van der Waals surface area contributed by atoms with Crippen LogP contribution in [-0.2, 0) is 9.31 Å². The van der Waals surface area contributed by atoms with Gasteiger partial charge in [0.15, 0.2) is 0 Å². The second-order valence-corrected chi connectivity index (χ2v) is 8.57. The molecule has 5 nitrogen and oxygen atoms in total. The van der Waals surface area contributed by atoms with Crippen molar-refractivity contribution in [3.63, 3.8) is 0 Å². The molecule has 0 atom stereocenters. The Morgan fingerprint density at radius 2 is 1.52 bits per heavy atom. The van der Waals surface area contributed by atoms with E-state index in [1.54, 1.807) is 0 Å². The smallest absolute Gasteiger partial charge is 0.399 e. The van der Waals surface area contributed by atoms with Crippen LogP contribution < -0.4 is 10.8 Å². The first-order valence-electron chi connectivity index (χ1n) is 10.8. The maximum Gasteiger partial charge on any atom is 0.495 e. The Morgan fingerprint density at radius 3 is 1.97 bits per heavy atom. The summed E-state index contributed by atoms with van der Waals surface area (Å²) in [5, 5.41) is 2.99. The molecule has 31 heavy (non-hydrogen) atoms. The lowest BCUT2D eigenvalue weighted by Gasteiger charge is -2.32. The minimum Gasteiger partial charge on any atom is -0.399 e. The van der Waals surface area contributed by atoms with Gasteiger partial charge in [0.1, 0.15) is 0 Å². The highest BCUT2D eigenvalue weighted by Gasteiger charge is 2.52. The minimum atomic E-state index is -4.00. The summed E-state index contributed by atoms with van der Waals surface area (Å²) in [5.41, 5.74) is 2.08. The number of nitrogens with zero attached hydrogens (tertiary/aromatic N) is 1. The van der Waals surface area contributed by atoms with Crippen LogP contribution in [0.25, 0.3) is 0 Å². The third-order valence-corrected chi connectivity index (χ3v) is 5.43. The fraction of sp³-hybridized carbons (Fsp3) is 0.682. The predicted octanol–water partition coefficient (Wildman–Crippen LogP) is 5.52. The number of urea groups is 1. The predicted molar refractivity (Wildman–Crippen MR) is 120 cm³/mol. The maximum atomic E-state index is 12.3. The van der Waals surface area contributed by atoms with Crippen molar-refractivity contribution < 1.29 is 27.3 Å². The lowest BCUT2D eigenvalue weighted by molar-refractivity contribution is -0.110. The normalized spacial score (nSPS) is 19.2. The first-order valence-corrected chi connectivity index (χ1v) is 10.8. The molecule has 2 aliphatic rings. The van der Waals surface area contributed by atoms with Crippen molar-refractivity contribution in [3.05, 3.63) is 23.8 Å². The first-order chi connectivity index (χ1) is 14.2. The molecule has 0 unspecified atom stereocenters. The fourth-order valence-electron chi connectivity index (χ4n) is 3.06. The maximum absolute atomic E-state index is 12.3. The molecule has 0 radical (unpaired) electrons. The van der Waals surface area contributed by atoms with Crippen LogP contribution in [-0.4, -0.2) is 48.5 Å². The number of carbonyl (C=O) groups excluding carboxylic acids is 1. The molecule has 0 aromatic heterocycles. The monoisotopic (exact) mass is 444 g/mol. The van der Waals surface area contributed by atoms with Gasteiger partial charge in [-0.2, -0.15) is 13.2 Å². The van der Waals surface area contributed by atoms with Gasteiger partial charge in [-0.3, -0.25) is 0 Å². The summed E-state index contributed by atoms with van der Waals surface area (Å²) in [5.74, 6) is 0. The van der Waals surface area contributed by atoms with E-state index in [1.807, 2.05) is 71.6 Å². The average molecular weight is 444 g/mol. The molecule has 9 heteroatoms. The van der Waals surface area contributed by atoms with Gasteiger partial charge in [-0.1, -0.05) is 25.5 Å². The number of carbonyl (C=O) groups is 1.